The van der Waals surface area contributed by atoms with E-state index >= 15 is 0 Å². The number of nitrogens with zero attached hydrogens (tertiary/aromatic N) is 1. The number of amides is 1. The fraction of sp³-hybridized carbons (Fsp3) is 0.500. The van der Waals surface area contributed by atoms with Crippen LogP contribution in [0.4, 0.5) is 8.78 Å². The Bertz CT molecular complexity index is 180. The molecule has 0 rings (SSSR count). The Morgan fingerprint density at radius 2 is 2.10 bits per heavy atom. The Balaban J connectivity index is 4.04. The van der Waals surface area contributed by atoms with E-state index in [1.165, 1.54) is 14.0 Å². The van der Waals surface area contributed by atoms with Crippen LogP contribution in [-0.4, -0.2) is 24.3 Å². The number of carbonyl (C=O) groups excluding carboxylic acids is 1. The van der Waals surface area contributed by atoms with Crippen molar-refractivity contribution in [1.29, 1.82) is 0 Å². The maximum Gasteiger partial charge on any atom is 0.316 e. The summed E-state index contributed by atoms with van der Waals surface area (Å²) in [5, 5.41) is 0. The average Bonchev–Trinajstić information content (AvgIpc) is 1.87. The maximum atomic E-state index is 11.5. The highest BCUT2D eigenvalue weighted by Gasteiger charge is 2.18. The van der Waals surface area contributed by atoms with Gasteiger partial charge in [-0.15, -0.1) is 0 Å². The van der Waals surface area contributed by atoms with E-state index in [9.17, 15) is 13.6 Å². The summed E-state index contributed by atoms with van der Waals surface area (Å²) in [5.74, 6) is 1.06. The molecule has 0 saturated heterocycles. The molecule has 0 aromatic rings. The lowest BCUT2D eigenvalue weighted by atomic mass is 10.6. The average molecular weight is 147 g/mol. The van der Waals surface area contributed by atoms with Crippen LogP contribution in [-0.2, 0) is 4.79 Å². The molecule has 0 N–H and O–H groups in total. The molecule has 0 saturated carbocycles. The molecule has 0 heterocycles. The van der Waals surface area contributed by atoms with Crippen molar-refractivity contribution in [3.8, 4) is 12.0 Å². The molecule has 0 radical (unpaired) electrons. The van der Waals surface area contributed by atoms with Crippen LogP contribution < -0.4 is 0 Å². The summed E-state index contributed by atoms with van der Waals surface area (Å²) >= 11 is 0. The predicted octanol–water partition coefficient (Wildman–Crippen LogP) is 0.691. The molecule has 0 aliphatic rings. The number of hydrogen-bond donors (Lipinski definition) is 0. The van der Waals surface area contributed by atoms with Crippen LogP contribution in [0, 0.1) is 12.0 Å². The zero-order chi connectivity index (χ0) is 8.15. The third-order valence-corrected chi connectivity index (χ3v) is 0.797. The van der Waals surface area contributed by atoms with E-state index in [1.54, 1.807) is 0 Å². The van der Waals surface area contributed by atoms with Gasteiger partial charge >= 0.3 is 12.3 Å². The standard InChI is InChI=1S/C6H7F2NO/c1-3-4-9(2)6(10)5(7)8/h5H,1-2H3. The predicted molar refractivity (Wildman–Crippen MR) is 32.2 cm³/mol. The van der Waals surface area contributed by atoms with Crippen molar-refractivity contribution in [2.75, 3.05) is 7.05 Å². The molecule has 1 amide bonds. The summed E-state index contributed by atoms with van der Waals surface area (Å²) < 4.78 is 23.1. The van der Waals surface area contributed by atoms with Crippen LogP contribution in [0.3, 0.4) is 0 Å². The molecule has 0 fully saturated rings. The molecule has 10 heavy (non-hydrogen) atoms. The second-order valence-electron chi connectivity index (χ2n) is 1.56. The van der Waals surface area contributed by atoms with Gasteiger partial charge < -0.3 is 0 Å². The van der Waals surface area contributed by atoms with Crippen LogP contribution >= 0.6 is 0 Å². The van der Waals surface area contributed by atoms with Gasteiger partial charge in [-0.05, 0) is 6.92 Å². The lowest BCUT2D eigenvalue weighted by molar-refractivity contribution is -0.138. The molecular weight excluding hydrogens is 140 g/mol. The Morgan fingerprint density at radius 3 is 2.40 bits per heavy atom. The van der Waals surface area contributed by atoms with Crippen LogP contribution in [0.5, 0.6) is 0 Å². The van der Waals surface area contributed by atoms with Crippen LogP contribution in [0.15, 0.2) is 0 Å². The van der Waals surface area contributed by atoms with Crippen LogP contribution in [0.2, 0.25) is 0 Å². The fourth-order valence-corrected chi connectivity index (χ4v) is 0.369. The molecule has 4 heteroatoms. The third-order valence-electron chi connectivity index (χ3n) is 0.797. The van der Waals surface area contributed by atoms with E-state index in [0.717, 1.165) is 0 Å². The van der Waals surface area contributed by atoms with E-state index in [2.05, 4.69) is 12.0 Å². The first kappa shape index (κ1) is 8.89. The first-order chi connectivity index (χ1) is 4.59. The summed E-state index contributed by atoms with van der Waals surface area (Å²) in [6, 6.07) is 2.18. The van der Waals surface area contributed by atoms with Crippen molar-refractivity contribution >= 4 is 5.91 Å². The molecule has 0 unspecified atom stereocenters. The SMILES string of the molecule is CC#CN(C)C(=O)C(F)F. The molecule has 0 aromatic heterocycles. The Hall–Kier alpha value is -1.11. The Kier molecular flexibility index (Phi) is 3.40. The number of rotatable bonds is 1. The molecular formula is C6H7F2NO. The minimum atomic E-state index is -2.97. The lowest BCUT2D eigenvalue weighted by Gasteiger charge is -2.06. The summed E-state index contributed by atoms with van der Waals surface area (Å²) in [6.07, 6.45) is -2.97. The van der Waals surface area contributed by atoms with Gasteiger partial charge in [0.25, 0.3) is 0 Å². The van der Waals surface area contributed by atoms with Gasteiger partial charge in [-0.25, -0.2) is 0 Å². The number of alkyl halides is 2. The van der Waals surface area contributed by atoms with Crippen molar-refractivity contribution < 1.29 is 13.6 Å². The van der Waals surface area contributed by atoms with Gasteiger partial charge in [0.2, 0.25) is 0 Å². The molecule has 0 spiro atoms. The third kappa shape index (κ3) is 2.44. The highest BCUT2D eigenvalue weighted by atomic mass is 19.3. The van der Waals surface area contributed by atoms with E-state index in [0.29, 0.717) is 4.90 Å². The quantitative estimate of drug-likeness (QED) is 0.394. The monoisotopic (exact) mass is 147 g/mol. The summed E-state index contributed by atoms with van der Waals surface area (Å²) in [5.41, 5.74) is 0. The first-order valence-corrected chi connectivity index (χ1v) is 2.57. The zero-order valence-corrected chi connectivity index (χ0v) is 5.69. The molecule has 0 aliphatic heterocycles. The molecule has 0 bridgehead atoms. The molecule has 0 aromatic carbocycles. The van der Waals surface area contributed by atoms with Crippen LogP contribution in [0.1, 0.15) is 6.92 Å². The second kappa shape index (κ2) is 3.83. The number of carbonyl (C=O) groups is 1. The van der Waals surface area contributed by atoms with E-state index < -0.39 is 12.3 Å². The first-order valence-electron chi connectivity index (χ1n) is 2.57. The van der Waals surface area contributed by atoms with E-state index in [-0.39, 0.29) is 0 Å². The van der Waals surface area contributed by atoms with Gasteiger partial charge in [0.1, 0.15) is 0 Å². The van der Waals surface area contributed by atoms with Crippen molar-refractivity contribution in [3.63, 3.8) is 0 Å². The fourth-order valence-electron chi connectivity index (χ4n) is 0.369. The number of halogens is 2. The highest BCUT2D eigenvalue weighted by Crippen LogP contribution is 1.96. The molecule has 2 nitrogen and oxygen atoms in total. The van der Waals surface area contributed by atoms with Gasteiger partial charge in [-0.2, -0.15) is 8.78 Å². The minimum Gasteiger partial charge on any atom is -0.270 e. The lowest BCUT2D eigenvalue weighted by Crippen LogP contribution is -2.27. The molecule has 56 valence electrons. The summed E-state index contributed by atoms with van der Waals surface area (Å²) in [7, 11) is 1.20. The maximum absolute atomic E-state index is 11.5. The van der Waals surface area contributed by atoms with Crippen molar-refractivity contribution in [2.45, 2.75) is 13.3 Å². The normalized spacial score (nSPS) is 8.50. The van der Waals surface area contributed by atoms with Crippen molar-refractivity contribution in [3.05, 3.63) is 0 Å². The zero-order valence-electron chi connectivity index (χ0n) is 5.69. The minimum absolute atomic E-state index is 0.671. The van der Waals surface area contributed by atoms with E-state index in [1.807, 2.05) is 0 Å². The van der Waals surface area contributed by atoms with Crippen molar-refractivity contribution in [1.82, 2.24) is 4.90 Å². The summed E-state index contributed by atoms with van der Waals surface area (Å²) in [6.45, 7) is 1.47. The van der Waals surface area contributed by atoms with Gasteiger partial charge in [0, 0.05) is 13.1 Å². The molecule has 0 aliphatic carbocycles. The smallest absolute Gasteiger partial charge is 0.270 e. The molecule has 0 atom stereocenters. The largest absolute Gasteiger partial charge is 0.316 e. The highest BCUT2D eigenvalue weighted by molar-refractivity contribution is 5.80. The Morgan fingerprint density at radius 1 is 1.60 bits per heavy atom. The second-order valence-corrected chi connectivity index (χ2v) is 1.56. The number of hydrogen-bond acceptors (Lipinski definition) is 1. The van der Waals surface area contributed by atoms with Gasteiger partial charge in [0.05, 0.1) is 0 Å². The Labute approximate surface area is 57.8 Å². The van der Waals surface area contributed by atoms with Gasteiger partial charge in [-0.3, -0.25) is 9.69 Å². The summed E-state index contributed by atoms with van der Waals surface area (Å²) in [4.78, 5) is 11.0. The topological polar surface area (TPSA) is 20.3 Å². The van der Waals surface area contributed by atoms with Crippen molar-refractivity contribution in [2.24, 2.45) is 0 Å². The van der Waals surface area contributed by atoms with Crippen LogP contribution in [0.25, 0.3) is 0 Å². The van der Waals surface area contributed by atoms with E-state index in [4.69, 9.17) is 0 Å². The van der Waals surface area contributed by atoms with Gasteiger partial charge in [-0.1, -0.05) is 5.92 Å². The van der Waals surface area contributed by atoms with Gasteiger partial charge in [0.15, 0.2) is 0 Å².